The second-order valence-corrected chi connectivity index (χ2v) is 7.15. The van der Waals surface area contributed by atoms with Crippen molar-refractivity contribution in [1.82, 2.24) is 4.90 Å². The van der Waals surface area contributed by atoms with Crippen molar-refractivity contribution in [3.8, 4) is 11.5 Å². The Bertz CT molecular complexity index is 762. The highest BCUT2D eigenvalue weighted by molar-refractivity contribution is 9.10. The highest BCUT2D eigenvalue weighted by Crippen LogP contribution is 2.30. The first-order valence-corrected chi connectivity index (χ1v) is 9.15. The van der Waals surface area contributed by atoms with Crippen molar-refractivity contribution in [1.29, 1.82) is 0 Å². The van der Waals surface area contributed by atoms with Gasteiger partial charge >= 0.3 is 0 Å². The second kappa shape index (κ2) is 7.91. The maximum Gasteiger partial charge on any atom is 0.223 e. The highest BCUT2D eigenvalue weighted by atomic mass is 79.9. The Balaban J connectivity index is 1.75. The van der Waals surface area contributed by atoms with Gasteiger partial charge in [0, 0.05) is 23.5 Å². The van der Waals surface area contributed by atoms with E-state index in [1.54, 1.807) is 14.2 Å². The highest BCUT2D eigenvalue weighted by Gasteiger charge is 2.31. The van der Waals surface area contributed by atoms with Gasteiger partial charge in [-0.15, -0.1) is 0 Å². The average Bonchev–Trinajstić information content (AvgIpc) is 2.95. The summed E-state index contributed by atoms with van der Waals surface area (Å²) in [5.41, 5.74) is 2.29. The molecule has 0 bridgehead atoms. The molecule has 0 saturated carbocycles. The number of ether oxygens (including phenoxy) is 2. The van der Waals surface area contributed by atoms with E-state index in [2.05, 4.69) is 28.1 Å². The molecule has 0 spiro atoms. The summed E-state index contributed by atoms with van der Waals surface area (Å²) in [6.45, 7) is 0.649. The van der Waals surface area contributed by atoms with E-state index in [9.17, 15) is 4.79 Å². The lowest BCUT2D eigenvalue weighted by molar-refractivity contribution is -0.129. The Morgan fingerprint density at radius 1 is 1.08 bits per heavy atom. The van der Waals surface area contributed by atoms with Gasteiger partial charge in [-0.1, -0.05) is 34.1 Å². The number of halogens is 1. The lowest BCUT2D eigenvalue weighted by atomic mass is 10.0. The number of hydrogen-bond acceptors (Lipinski definition) is 3. The van der Waals surface area contributed by atoms with Crippen molar-refractivity contribution in [2.24, 2.45) is 0 Å². The van der Waals surface area contributed by atoms with Crippen LogP contribution in [0, 0.1) is 0 Å². The fraction of sp³-hybridized carbons (Fsp3) is 0.350. The van der Waals surface area contributed by atoms with Crippen LogP contribution in [0.1, 0.15) is 24.0 Å². The minimum absolute atomic E-state index is 0.213. The van der Waals surface area contributed by atoms with Crippen molar-refractivity contribution in [3.63, 3.8) is 0 Å². The fourth-order valence-electron chi connectivity index (χ4n) is 3.33. The summed E-state index contributed by atoms with van der Waals surface area (Å²) in [7, 11) is 3.27. The van der Waals surface area contributed by atoms with E-state index < -0.39 is 0 Å². The van der Waals surface area contributed by atoms with Gasteiger partial charge in [-0.2, -0.15) is 0 Å². The van der Waals surface area contributed by atoms with Gasteiger partial charge < -0.3 is 14.4 Å². The zero-order chi connectivity index (χ0) is 17.8. The SMILES string of the molecule is COc1ccc(C[C@@H]2CCC(=O)N2Cc2cccc(Br)c2)cc1OC. The van der Waals surface area contributed by atoms with Gasteiger partial charge in [0.05, 0.1) is 14.2 Å². The third-order valence-corrected chi connectivity index (χ3v) is 5.11. The molecule has 0 aliphatic carbocycles. The van der Waals surface area contributed by atoms with Crippen LogP contribution in [0.4, 0.5) is 0 Å². The van der Waals surface area contributed by atoms with Crippen LogP contribution in [0.25, 0.3) is 0 Å². The number of amides is 1. The zero-order valence-corrected chi connectivity index (χ0v) is 16.1. The molecule has 0 aromatic heterocycles. The first-order chi connectivity index (χ1) is 12.1. The molecule has 2 aromatic rings. The molecule has 0 radical (unpaired) electrons. The summed E-state index contributed by atoms with van der Waals surface area (Å²) in [5, 5.41) is 0. The molecular weight excluding hydrogens is 382 g/mol. The predicted octanol–water partition coefficient (Wildman–Crippen LogP) is 4.20. The first kappa shape index (κ1) is 17.8. The number of benzene rings is 2. The quantitative estimate of drug-likeness (QED) is 0.725. The number of methoxy groups -OCH3 is 2. The average molecular weight is 404 g/mol. The summed E-state index contributed by atoms with van der Waals surface area (Å²) in [5.74, 6) is 1.67. The van der Waals surface area contributed by atoms with Crippen molar-refractivity contribution in [2.75, 3.05) is 14.2 Å². The third-order valence-electron chi connectivity index (χ3n) is 4.61. The molecule has 1 saturated heterocycles. The monoisotopic (exact) mass is 403 g/mol. The van der Waals surface area contributed by atoms with Crippen LogP contribution in [-0.4, -0.2) is 31.1 Å². The minimum Gasteiger partial charge on any atom is -0.493 e. The molecule has 132 valence electrons. The van der Waals surface area contributed by atoms with E-state index in [-0.39, 0.29) is 11.9 Å². The second-order valence-electron chi connectivity index (χ2n) is 6.24. The Hall–Kier alpha value is -2.01. The first-order valence-electron chi connectivity index (χ1n) is 8.35. The summed E-state index contributed by atoms with van der Waals surface area (Å²) < 4.78 is 11.7. The van der Waals surface area contributed by atoms with Crippen molar-refractivity contribution < 1.29 is 14.3 Å². The van der Waals surface area contributed by atoms with Crippen LogP contribution in [-0.2, 0) is 17.8 Å². The van der Waals surface area contributed by atoms with Gasteiger partial charge in [-0.25, -0.2) is 0 Å². The lowest BCUT2D eigenvalue weighted by Gasteiger charge is -2.25. The van der Waals surface area contributed by atoms with Crippen molar-refractivity contribution >= 4 is 21.8 Å². The van der Waals surface area contributed by atoms with Crippen LogP contribution >= 0.6 is 15.9 Å². The Morgan fingerprint density at radius 2 is 1.88 bits per heavy atom. The maximum absolute atomic E-state index is 12.4. The van der Waals surface area contributed by atoms with Crippen molar-refractivity contribution in [2.45, 2.75) is 31.8 Å². The molecule has 4 nitrogen and oxygen atoms in total. The third kappa shape index (κ3) is 4.15. The molecule has 0 unspecified atom stereocenters. The van der Waals surface area contributed by atoms with E-state index in [1.807, 2.05) is 35.2 Å². The topological polar surface area (TPSA) is 38.8 Å². The molecule has 1 aliphatic rings. The number of hydrogen-bond donors (Lipinski definition) is 0. The largest absolute Gasteiger partial charge is 0.493 e. The summed E-state index contributed by atoms with van der Waals surface area (Å²) in [6.07, 6.45) is 2.33. The van der Waals surface area contributed by atoms with Crippen LogP contribution < -0.4 is 9.47 Å². The van der Waals surface area contributed by atoms with Crippen LogP contribution in [0.5, 0.6) is 11.5 Å². The molecule has 1 aliphatic heterocycles. The van der Waals surface area contributed by atoms with E-state index in [0.717, 1.165) is 39.9 Å². The molecule has 0 N–H and O–H groups in total. The summed E-state index contributed by atoms with van der Waals surface area (Å²) in [6, 6.07) is 14.3. The van der Waals surface area contributed by atoms with E-state index >= 15 is 0 Å². The predicted molar refractivity (Wildman–Crippen MR) is 101 cm³/mol. The van der Waals surface area contributed by atoms with Gasteiger partial charge in [-0.3, -0.25) is 4.79 Å². The van der Waals surface area contributed by atoms with Crippen LogP contribution in [0.2, 0.25) is 0 Å². The smallest absolute Gasteiger partial charge is 0.223 e. The van der Waals surface area contributed by atoms with Crippen molar-refractivity contribution in [3.05, 3.63) is 58.1 Å². The van der Waals surface area contributed by atoms with E-state index in [1.165, 1.54) is 0 Å². The number of carbonyl (C=O) groups is 1. The Kier molecular flexibility index (Phi) is 5.63. The molecular formula is C20H22BrNO3. The molecule has 1 amide bonds. The maximum atomic E-state index is 12.4. The normalized spacial score (nSPS) is 17.0. The standard InChI is InChI=1S/C20H22BrNO3/c1-24-18-8-6-14(12-19(18)25-2)11-17-7-9-20(23)22(17)13-15-4-3-5-16(21)10-15/h3-6,8,10,12,17H,7,9,11,13H2,1-2H3/t17-/m0/s1. The molecule has 25 heavy (non-hydrogen) atoms. The fourth-order valence-corrected chi connectivity index (χ4v) is 3.78. The summed E-state index contributed by atoms with van der Waals surface area (Å²) in [4.78, 5) is 14.4. The molecule has 3 rings (SSSR count). The lowest BCUT2D eigenvalue weighted by Crippen LogP contribution is -2.33. The summed E-state index contributed by atoms with van der Waals surface area (Å²) >= 11 is 3.50. The molecule has 1 heterocycles. The van der Waals surface area contributed by atoms with Gasteiger partial charge in [0.15, 0.2) is 11.5 Å². The zero-order valence-electron chi connectivity index (χ0n) is 14.5. The molecule has 1 fully saturated rings. The van der Waals surface area contributed by atoms with Crippen LogP contribution in [0.15, 0.2) is 46.9 Å². The van der Waals surface area contributed by atoms with Gasteiger partial charge in [0.1, 0.15) is 0 Å². The number of nitrogens with zero attached hydrogens (tertiary/aromatic N) is 1. The van der Waals surface area contributed by atoms with Gasteiger partial charge in [-0.05, 0) is 48.2 Å². The minimum atomic E-state index is 0.213. The van der Waals surface area contributed by atoms with E-state index in [4.69, 9.17) is 9.47 Å². The Labute approximate surface area is 156 Å². The number of likely N-dealkylation sites (tertiary alicyclic amines) is 1. The van der Waals surface area contributed by atoms with E-state index in [0.29, 0.717) is 13.0 Å². The molecule has 1 atom stereocenters. The van der Waals surface area contributed by atoms with Gasteiger partial charge in [0.25, 0.3) is 0 Å². The van der Waals surface area contributed by atoms with Gasteiger partial charge in [0.2, 0.25) is 5.91 Å². The van der Waals surface area contributed by atoms with Crippen LogP contribution in [0.3, 0.4) is 0 Å². The Morgan fingerprint density at radius 3 is 2.60 bits per heavy atom. The molecule has 2 aromatic carbocycles. The molecule has 5 heteroatoms. The number of rotatable bonds is 6. The number of carbonyl (C=O) groups excluding carboxylic acids is 1.